The quantitative estimate of drug-likeness (QED) is 0.798. The van der Waals surface area contributed by atoms with Crippen LogP contribution in [-0.4, -0.2) is 22.3 Å². The van der Waals surface area contributed by atoms with Crippen molar-refractivity contribution < 1.29 is 0 Å². The number of nitrogens with two attached hydrogens (primary N) is 1. The van der Waals surface area contributed by atoms with E-state index in [2.05, 4.69) is 41.2 Å². The second-order valence-electron chi connectivity index (χ2n) is 3.96. The molecule has 0 radical (unpaired) electrons. The second kappa shape index (κ2) is 5.89. The Kier molecular flexibility index (Phi) is 4.23. The maximum absolute atomic E-state index is 5.46. The number of aromatic amines is 1. The Morgan fingerprint density at radius 1 is 1.29 bits per heavy atom. The number of hydrogen-bond donors (Lipinski definition) is 2. The van der Waals surface area contributed by atoms with Crippen molar-refractivity contribution in [1.29, 1.82) is 0 Å². The highest BCUT2D eigenvalue weighted by Crippen LogP contribution is 2.18. The van der Waals surface area contributed by atoms with E-state index < -0.39 is 0 Å². The minimum absolute atomic E-state index is 0.726. The van der Waals surface area contributed by atoms with E-state index >= 15 is 0 Å². The average molecular weight is 247 g/mol. The molecule has 1 aromatic heterocycles. The third-order valence-electron chi connectivity index (χ3n) is 2.47. The van der Waals surface area contributed by atoms with Gasteiger partial charge >= 0.3 is 0 Å². The second-order valence-corrected chi connectivity index (χ2v) is 5.07. The van der Waals surface area contributed by atoms with Crippen LogP contribution in [0.4, 0.5) is 0 Å². The van der Waals surface area contributed by atoms with Crippen LogP contribution in [0.1, 0.15) is 11.3 Å². The third kappa shape index (κ3) is 3.35. The van der Waals surface area contributed by atoms with Crippen LogP contribution in [0.25, 0.3) is 11.4 Å². The van der Waals surface area contributed by atoms with Crippen molar-refractivity contribution in [2.24, 2.45) is 5.73 Å². The van der Waals surface area contributed by atoms with E-state index in [1.807, 2.05) is 18.0 Å². The van der Waals surface area contributed by atoms with Gasteiger partial charge in [-0.25, -0.2) is 4.98 Å². The fourth-order valence-corrected chi connectivity index (χ4v) is 2.23. The highest BCUT2D eigenvalue weighted by atomic mass is 32.2. The molecule has 0 aliphatic heterocycles. The molecule has 0 amide bonds. The first-order valence-corrected chi connectivity index (χ1v) is 6.84. The van der Waals surface area contributed by atoms with Crippen molar-refractivity contribution in [1.82, 2.24) is 9.97 Å². The van der Waals surface area contributed by atoms with Gasteiger partial charge in [-0.05, 0) is 6.92 Å². The molecule has 1 aromatic carbocycles. The van der Waals surface area contributed by atoms with Crippen molar-refractivity contribution in [3.8, 4) is 11.4 Å². The van der Waals surface area contributed by atoms with Crippen molar-refractivity contribution in [3.63, 3.8) is 0 Å². The van der Waals surface area contributed by atoms with E-state index in [9.17, 15) is 0 Å². The van der Waals surface area contributed by atoms with Crippen LogP contribution in [0.2, 0.25) is 0 Å². The first kappa shape index (κ1) is 12.2. The summed E-state index contributed by atoms with van der Waals surface area (Å²) < 4.78 is 0. The highest BCUT2D eigenvalue weighted by molar-refractivity contribution is 7.98. The summed E-state index contributed by atoms with van der Waals surface area (Å²) in [7, 11) is 0. The van der Waals surface area contributed by atoms with Gasteiger partial charge in [0.1, 0.15) is 5.82 Å². The molecule has 0 atom stereocenters. The van der Waals surface area contributed by atoms with E-state index in [4.69, 9.17) is 5.73 Å². The van der Waals surface area contributed by atoms with Crippen molar-refractivity contribution in [2.45, 2.75) is 12.7 Å². The number of H-pyrrole nitrogens is 1. The SMILES string of the molecule is Cc1ccc(-c2ncc(CSCCN)[nH]2)cc1. The smallest absolute Gasteiger partial charge is 0.137 e. The van der Waals surface area contributed by atoms with Gasteiger partial charge in [0.05, 0.1) is 0 Å². The summed E-state index contributed by atoms with van der Waals surface area (Å²) >= 11 is 1.82. The summed E-state index contributed by atoms with van der Waals surface area (Å²) in [4.78, 5) is 7.73. The first-order chi connectivity index (χ1) is 8.29. The molecule has 17 heavy (non-hydrogen) atoms. The lowest BCUT2D eigenvalue weighted by atomic mass is 10.1. The van der Waals surface area contributed by atoms with Crippen LogP contribution in [0, 0.1) is 6.92 Å². The van der Waals surface area contributed by atoms with Gasteiger partial charge in [0.25, 0.3) is 0 Å². The minimum atomic E-state index is 0.726. The standard InChI is InChI=1S/C13H17N3S/c1-10-2-4-11(5-3-10)13-15-8-12(16-13)9-17-7-6-14/h2-5,8H,6-7,9,14H2,1H3,(H,15,16). The minimum Gasteiger partial charge on any atom is -0.341 e. The monoisotopic (exact) mass is 247 g/mol. The first-order valence-electron chi connectivity index (χ1n) is 5.68. The van der Waals surface area contributed by atoms with Gasteiger partial charge < -0.3 is 10.7 Å². The largest absolute Gasteiger partial charge is 0.341 e. The van der Waals surface area contributed by atoms with Gasteiger partial charge in [0.2, 0.25) is 0 Å². The molecule has 0 fully saturated rings. The molecule has 0 unspecified atom stereocenters. The van der Waals surface area contributed by atoms with E-state index in [1.54, 1.807) is 0 Å². The van der Waals surface area contributed by atoms with E-state index in [0.717, 1.165) is 35.1 Å². The predicted molar refractivity (Wildman–Crippen MR) is 74.0 cm³/mol. The molecule has 4 heteroatoms. The Morgan fingerprint density at radius 2 is 2.06 bits per heavy atom. The Balaban J connectivity index is 2.04. The summed E-state index contributed by atoms with van der Waals surface area (Å²) in [6, 6.07) is 8.37. The molecule has 0 spiro atoms. The number of nitrogens with zero attached hydrogens (tertiary/aromatic N) is 1. The van der Waals surface area contributed by atoms with Gasteiger partial charge in [-0.1, -0.05) is 29.8 Å². The summed E-state index contributed by atoms with van der Waals surface area (Å²) in [5.74, 6) is 2.86. The van der Waals surface area contributed by atoms with Crippen LogP contribution in [-0.2, 0) is 5.75 Å². The van der Waals surface area contributed by atoms with Crippen LogP contribution in [0.3, 0.4) is 0 Å². The fourth-order valence-electron chi connectivity index (χ4n) is 1.56. The van der Waals surface area contributed by atoms with E-state index in [-0.39, 0.29) is 0 Å². The molecule has 0 bridgehead atoms. The molecule has 0 aliphatic rings. The number of rotatable bonds is 5. The number of nitrogens with one attached hydrogen (secondary N) is 1. The Labute approximate surface area is 106 Å². The molecule has 3 N–H and O–H groups in total. The van der Waals surface area contributed by atoms with Crippen LogP contribution >= 0.6 is 11.8 Å². The van der Waals surface area contributed by atoms with Gasteiger partial charge in [0, 0.05) is 35.5 Å². The molecule has 2 rings (SSSR count). The lowest BCUT2D eigenvalue weighted by Crippen LogP contribution is -2.01. The fraction of sp³-hybridized carbons (Fsp3) is 0.308. The topological polar surface area (TPSA) is 54.7 Å². The molecule has 90 valence electrons. The zero-order chi connectivity index (χ0) is 12.1. The summed E-state index contributed by atoms with van der Waals surface area (Å²) in [6.45, 7) is 2.81. The van der Waals surface area contributed by atoms with Gasteiger partial charge in [-0.3, -0.25) is 0 Å². The van der Waals surface area contributed by atoms with Crippen molar-refractivity contribution in [2.75, 3.05) is 12.3 Å². The Morgan fingerprint density at radius 3 is 2.76 bits per heavy atom. The maximum Gasteiger partial charge on any atom is 0.137 e. The van der Waals surface area contributed by atoms with Crippen LogP contribution in [0.5, 0.6) is 0 Å². The van der Waals surface area contributed by atoms with E-state index in [0.29, 0.717) is 0 Å². The summed E-state index contributed by atoms with van der Waals surface area (Å²) in [5, 5.41) is 0. The summed E-state index contributed by atoms with van der Waals surface area (Å²) in [6.07, 6.45) is 1.90. The molecule has 0 aliphatic carbocycles. The maximum atomic E-state index is 5.46. The molecular formula is C13H17N3S. The molecule has 2 aromatic rings. The van der Waals surface area contributed by atoms with Crippen LogP contribution < -0.4 is 5.73 Å². The Bertz CT molecular complexity index is 462. The van der Waals surface area contributed by atoms with Crippen molar-refractivity contribution in [3.05, 3.63) is 41.7 Å². The third-order valence-corrected chi connectivity index (χ3v) is 3.51. The molecule has 0 saturated carbocycles. The highest BCUT2D eigenvalue weighted by Gasteiger charge is 2.03. The zero-order valence-electron chi connectivity index (χ0n) is 9.94. The molecule has 1 heterocycles. The number of aromatic nitrogens is 2. The van der Waals surface area contributed by atoms with E-state index in [1.165, 1.54) is 5.56 Å². The molecule has 0 saturated heterocycles. The lowest BCUT2D eigenvalue weighted by Gasteiger charge is -1.98. The summed E-state index contributed by atoms with van der Waals surface area (Å²) in [5.41, 5.74) is 9.00. The normalized spacial score (nSPS) is 10.7. The lowest BCUT2D eigenvalue weighted by molar-refractivity contribution is 1.14. The van der Waals surface area contributed by atoms with Gasteiger partial charge in [0.15, 0.2) is 0 Å². The molecular weight excluding hydrogens is 230 g/mol. The predicted octanol–water partition coefficient (Wildman–Crippen LogP) is 2.58. The average Bonchev–Trinajstić information content (AvgIpc) is 2.79. The van der Waals surface area contributed by atoms with Crippen molar-refractivity contribution >= 4 is 11.8 Å². The Hall–Kier alpha value is -1.26. The van der Waals surface area contributed by atoms with Crippen LogP contribution in [0.15, 0.2) is 30.5 Å². The number of benzene rings is 1. The number of aryl methyl sites for hydroxylation is 1. The molecule has 3 nitrogen and oxygen atoms in total. The van der Waals surface area contributed by atoms with Gasteiger partial charge in [-0.2, -0.15) is 11.8 Å². The number of imidazole rings is 1. The van der Waals surface area contributed by atoms with Gasteiger partial charge in [-0.15, -0.1) is 0 Å². The number of hydrogen-bond acceptors (Lipinski definition) is 3. The number of thioether (sulfide) groups is 1. The zero-order valence-corrected chi connectivity index (χ0v) is 10.8.